The van der Waals surface area contributed by atoms with Crippen molar-refractivity contribution in [3.8, 4) is 0 Å². The van der Waals surface area contributed by atoms with Gasteiger partial charge < -0.3 is 10.2 Å². The summed E-state index contributed by atoms with van der Waals surface area (Å²) in [5.74, 6) is -0.151. The zero-order valence-corrected chi connectivity index (χ0v) is 14.5. The van der Waals surface area contributed by atoms with Gasteiger partial charge in [-0.05, 0) is 42.7 Å². The smallest absolute Gasteiger partial charge is 0.251 e. The fourth-order valence-electron chi connectivity index (χ4n) is 2.58. The first-order chi connectivity index (χ1) is 11.5. The highest BCUT2D eigenvalue weighted by molar-refractivity contribution is 5.96. The molecule has 0 aromatic heterocycles. The van der Waals surface area contributed by atoms with E-state index in [1.807, 2.05) is 49.4 Å². The number of rotatable bonds is 6. The Balaban J connectivity index is 1.98. The maximum atomic E-state index is 12.2. The maximum absolute atomic E-state index is 12.2. The predicted octanol–water partition coefficient (Wildman–Crippen LogP) is 3.34. The lowest BCUT2D eigenvalue weighted by Gasteiger charge is -2.22. The second-order valence-electron chi connectivity index (χ2n) is 5.76. The minimum absolute atomic E-state index is 0.0376. The molecule has 0 spiro atoms. The Hall–Kier alpha value is -2.62. The molecule has 2 amide bonds. The summed E-state index contributed by atoms with van der Waals surface area (Å²) in [5, 5.41) is 2.88. The third-order valence-corrected chi connectivity index (χ3v) is 4.05. The molecule has 0 heterocycles. The van der Waals surface area contributed by atoms with Crippen molar-refractivity contribution in [1.29, 1.82) is 0 Å². The van der Waals surface area contributed by atoms with E-state index in [1.54, 1.807) is 11.0 Å². The van der Waals surface area contributed by atoms with E-state index < -0.39 is 0 Å². The van der Waals surface area contributed by atoms with Crippen LogP contribution in [-0.2, 0) is 11.2 Å². The highest BCUT2D eigenvalue weighted by Gasteiger charge is 2.13. The molecule has 0 aliphatic rings. The molecule has 0 radical (unpaired) electrons. The molecule has 0 atom stereocenters. The lowest BCUT2D eigenvalue weighted by Crippen LogP contribution is -2.37. The van der Waals surface area contributed by atoms with Gasteiger partial charge in [-0.3, -0.25) is 9.59 Å². The third-order valence-electron chi connectivity index (χ3n) is 4.05. The monoisotopic (exact) mass is 324 g/mol. The Morgan fingerprint density at radius 1 is 1.04 bits per heavy atom. The number of benzene rings is 2. The molecular formula is C20H24N2O2. The van der Waals surface area contributed by atoms with Crippen molar-refractivity contribution < 1.29 is 9.59 Å². The van der Waals surface area contributed by atoms with Crippen molar-refractivity contribution in [1.82, 2.24) is 5.32 Å². The van der Waals surface area contributed by atoms with E-state index in [9.17, 15) is 9.59 Å². The van der Waals surface area contributed by atoms with Gasteiger partial charge in [0.25, 0.3) is 5.91 Å². The number of hydrogen-bond acceptors (Lipinski definition) is 2. The van der Waals surface area contributed by atoms with Crippen molar-refractivity contribution in [2.45, 2.75) is 27.2 Å². The van der Waals surface area contributed by atoms with Crippen LogP contribution < -0.4 is 10.2 Å². The van der Waals surface area contributed by atoms with Gasteiger partial charge in [-0.2, -0.15) is 0 Å². The van der Waals surface area contributed by atoms with Gasteiger partial charge in [0.05, 0.1) is 0 Å². The number of hydrogen-bond donors (Lipinski definition) is 1. The average molecular weight is 324 g/mol. The van der Waals surface area contributed by atoms with Crippen molar-refractivity contribution in [3.63, 3.8) is 0 Å². The summed E-state index contributed by atoms with van der Waals surface area (Å²) in [6.07, 6.45) is 0.965. The van der Waals surface area contributed by atoms with Gasteiger partial charge in [-0.25, -0.2) is 0 Å². The van der Waals surface area contributed by atoms with Crippen LogP contribution in [0, 0.1) is 6.92 Å². The van der Waals surface area contributed by atoms with Crippen LogP contribution in [0.2, 0.25) is 0 Å². The largest absolute Gasteiger partial charge is 0.350 e. The predicted molar refractivity (Wildman–Crippen MR) is 97.4 cm³/mol. The van der Waals surface area contributed by atoms with E-state index >= 15 is 0 Å². The minimum Gasteiger partial charge on any atom is -0.350 e. The molecule has 0 saturated heterocycles. The number of amides is 2. The second-order valence-corrected chi connectivity index (χ2v) is 5.76. The van der Waals surface area contributed by atoms with Gasteiger partial charge >= 0.3 is 0 Å². The molecule has 0 aliphatic carbocycles. The Morgan fingerprint density at radius 3 is 2.29 bits per heavy atom. The Kier molecular flexibility index (Phi) is 6.13. The first-order valence-corrected chi connectivity index (χ1v) is 8.23. The number of nitrogens with zero attached hydrogens (tertiary/aromatic N) is 1. The summed E-state index contributed by atoms with van der Waals surface area (Å²) in [5.41, 5.74) is 3.69. The highest BCUT2D eigenvalue weighted by atomic mass is 16.2. The van der Waals surface area contributed by atoms with Gasteiger partial charge in [-0.1, -0.05) is 37.3 Å². The average Bonchev–Trinajstić information content (AvgIpc) is 2.59. The molecule has 2 aromatic carbocycles. The highest BCUT2D eigenvalue weighted by Crippen LogP contribution is 2.15. The summed E-state index contributed by atoms with van der Waals surface area (Å²) in [4.78, 5) is 25.8. The van der Waals surface area contributed by atoms with Crippen molar-refractivity contribution in [3.05, 3.63) is 65.2 Å². The molecule has 2 aromatic rings. The first-order valence-electron chi connectivity index (χ1n) is 8.23. The van der Waals surface area contributed by atoms with Crippen LogP contribution in [-0.4, -0.2) is 24.9 Å². The summed E-state index contributed by atoms with van der Waals surface area (Å²) in [6, 6.07) is 15.4. The van der Waals surface area contributed by atoms with Gasteiger partial charge in [0.2, 0.25) is 5.91 Å². The van der Waals surface area contributed by atoms with E-state index in [4.69, 9.17) is 0 Å². The molecular weight excluding hydrogens is 300 g/mol. The fraction of sp³-hybridized carbons (Fsp3) is 0.300. The molecule has 4 nitrogen and oxygen atoms in total. The normalized spacial score (nSPS) is 10.3. The van der Waals surface area contributed by atoms with Crippen LogP contribution in [0.1, 0.15) is 35.3 Å². The molecule has 0 unspecified atom stereocenters. The van der Waals surface area contributed by atoms with Crippen LogP contribution in [0.4, 0.5) is 5.69 Å². The molecule has 0 fully saturated rings. The second kappa shape index (κ2) is 8.29. The number of nitrogens with one attached hydrogen (secondary N) is 1. The Morgan fingerprint density at radius 2 is 1.71 bits per heavy atom. The number of carbonyl (C=O) groups is 2. The van der Waals surface area contributed by atoms with Gasteiger partial charge in [0, 0.05) is 31.3 Å². The minimum atomic E-state index is -0.113. The summed E-state index contributed by atoms with van der Waals surface area (Å²) < 4.78 is 0. The summed E-state index contributed by atoms with van der Waals surface area (Å²) >= 11 is 0. The van der Waals surface area contributed by atoms with E-state index in [-0.39, 0.29) is 11.8 Å². The maximum Gasteiger partial charge on any atom is 0.251 e. The SMILES string of the molecule is CCc1ccc(N(CCNC(=O)c2ccccc2C)C(C)=O)cc1. The number of carbonyl (C=O) groups excluding carboxylic acids is 2. The lowest BCUT2D eigenvalue weighted by atomic mass is 10.1. The molecule has 0 aliphatic heterocycles. The Bertz CT molecular complexity index is 708. The quantitative estimate of drug-likeness (QED) is 0.886. The van der Waals surface area contributed by atoms with Gasteiger partial charge in [0.15, 0.2) is 0 Å². The molecule has 0 saturated carbocycles. The molecule has 2 rings (SSSR count). The molecule has 1 N–H and O–H groups in total. The molecule has 126 valence electrons. The van der Waals surface area contributed by atoms with E-state index in [2.05, 4.69) is 12.2 Å². The number of aryl methyl sites for hydroxylation is 2. The van der Waals surface area contributed by atoms with E-state index in [0.717, 1.165) is 17.7 Å². The molecule has 24 heavy (non-hydrogen) atoms. The van der Waals surface area contributed by atoms with Crippen LogP contribution in [0.5, 0.6) is 0 Å². The summed E-state index contributed by atoms with van der Waals surface area (Å²) in [6.45, 7) is 6.39. The lowest BCUT2D eigenvalue weighted by molar-refractivity contribution is -0.116. The van der Waals surface area contributed by atoms with E-state index in [0.29, 0.717) is 18.7 Å². The van der Waals surface area contributed by atoms with Crippen molar-refractivity contribution in [2.24, 2.45) is 0 Å². The Labute approximate surface area is 143 Å². The van der Waals surface area contributed by atoms with Crippen LogP contribution in [0.25, 0.3) is 0 Å². The fourth-order valence-corrected chi connectivity index (χ4v) is 2.58. The van der Waals surface area contributed by atoms with Crippen LogP contribution in [0.3, 0.4) is 0 Å². The zero-order valence-electron chi connectivity index (χ0n) is 14.5. The summed E-state index contributed by atoms with van der Waals surface area (Å²) in [7, 11) is 0. The van der Waals surface area contributed by atoms with Crippen LogP contribution >= 0.6 is 0 Å². The van der Waals surface area contributed by atoms with Gasteiger partial charge in [-0.15, -0.1) is 0 Å². The van der Waals surface area contributed by atoms with Crippen molar-refractivity contribution >= 4 is 17.5 Å². The standard InChI is InChI=1S/C20H24N2O2/c1-4-17-9-11-18(12-10-17)22(16(3)23)14-13-21-20(24)19-8-6-5-7-15(19)2/h5-12H,4,13-14H2,1-3H3,(H,21,24). The third kappa shape index (κ3) is 4.44. The topological polar surface area (TPSA) is 49.4 Å². The van der Waals surface area contributed by atoms with Crippen LogP contribution in [0.15, 0.2) is 48.5 Å². The number of anilines is 1. The molecule has 0 bridgehead atoms. The zero-order chi connectivity index (χ0) is 17.5. The van der Waals surface area contributed by atoms with Crippen molar-refractivity contribution in [2.75, 3.05) is 18.0 Å². The molecule has 4 heteroatoms. The van der Waals surface area contributed by atoms with Gasteiger partial charge in [0.1, 0.15) is 0 Å². The van der Waals surface area contributed by atoms with E-state index in [1.165, 1.54) is 12.5 Å². The first kappa shape index (κ1) is 17.7.